The summed E-state index contributed by atoms with van der Waals surface area (Å²) < 4.78 is 1.80. The van der Waals surface area contributed by atoms with Crippen molar-refractivity contribution in [2.45, 2.75) is 33.6 Å². The molecule has 0 radical (unpaired) electrons. The molecule has 84 valence electrons. The molecule has 15 heavy (non-hydrogen) atoms. The highest BCUT2D eigenvalue weighted by Crippen LogP contribution is 2.16. The SMILES string of the molecule is Cc1c(CC(=O)O)nn(C)c1CC(C)C. The molecule has 0 aromatic carbocycles. The molecule has 0 amide bonds. The van der Waals surface area contributed by atoms with Crippen LogP contribution in [0, 0.1) is 12.8 Å². The predicted molar refractivity (Wildman–Crippen MR) is 57.8 cm³/mol. The van der Waals surface area contributed by atoms with E-state index in [1.165, 1.54) is 0 Å². The van der Waals surface area contributed by atoms with Crippen LogP contribution in [-0.4, -0.2) is 20.9 Å². The predicted octanol–water partition coefficient (Wildman–Crippen LogP) is 1.55. The topological polar surface area (TPSA) is 55.1 Å². The molecule has 1 aromatic rings. The van der Waals surface area contributed by atoms with Gasteiger partial charge in [-0.25, -0.2) is 0 Å². The Balaban J connectivity index is 2.98. The van der Waals surface area contributed by atoms with Gasteiger partial charge >= 0.3 is 5.97 Å². The number of carboxylic acids is 1. The van der Waals surface area contributed by atoms with E-state index in [4.69, 9.17) is 5.11 Å². The first-order valence-electron chi connectivity index (χ1n) is 5.15. The first-order chi connectivity index (χ1) is 6.91. The molecule has 0 atom stereocenters. The van der Waals surface area contributed by atoms with Gasteiger partial charge in [-0.15, -0.1) is 0 Å². The van der Waals surface area contributed by atoms with Gasteiger partial charge < -0.3 is 5.11 Å². The van der Waals surface area contributed by atoms with Crippen molar-refractivity contribution in [1.82, 2.24) is 9.78 Å². The summed E-state index contributed by atoms with van der Waals surface area (Å²) in [5.41, 5.74) is 2.84. The van der Waals surface area contributed by atoms with Crippen molar-refractivity contribution in [2.24, 2.45) is 13.0 Å². The van der Waals surface area contributed by atoms with E-state index < -0.39 is 5.97 Å². The second-order valence-corrected chi connectivity index (χ2v) is 4.31. The maximum Gasteiger partial charge on any atom is 0.309 e. The number of aryl methyl sites for hydroxylation is 1. The van der Waals surface area contributed by atoms with Gasteiger partial charge in [0.15, 0.2) is 0 Å². The number of carboxylic acid groups (broad SMARTS) is 1. The van der Waals surface area contributed by atoms with Crippen LogP contribution >= 0.6 is 0 Å². The molecule has 0 aliphatic rings. The molecule has 0 saturated heterocycles. The van der Waals surface area contributed by atoms with Crippen LogP contribution in [0.25, 0.3) is 0 Å². The lowest BCUT2D eigenvalue weighted by Crippen LogP contribution is -2.03. The van der Waals surface area contributed by atoms with Crippen LogP contribution in [0.2, 0.25) is 0 Å². The average molecular weight is 210 g/mol. The highest BCUT2D eigenvalue weighted by Gasteiger charge is 2.15. The Morgan fingerprint density at radius 2 is 2.13 bits per heavy atom. The minimum atomic E-state index is -0.827. The average Bonchev–Trinajstić information content (AvgIpc) is 2.31. The second kappa shape index (κ2) is 4.47. The van der Waals surface area contributed by atoms with Crippen molar-refractivity contribution >= 4 is 5.97 Å². The van der Waals surface area contributed by atoms with Crippen molar-refractivity contribution in [3.05, 3.63) is 17.0 Å². The summed E-state index contributed by atoms with van der Waals surface area (Å²) >= 11 is 0. The number of hydrogen-bond acceptors (Lipinski definition) is 2. The van der Waals surface area contributed by atoms with Crippen LogP contribution in [0.5, 0.6) is 0 Å². The highest BCUT2D eigenvalue weighted by atomic mass is 16.4. The minimum absolute atomic E-state index is 0.0117. The molecule has 4 nitrogen and oxygen atoms in total. The maximum atomic E-state index is 10.6. The molecule has 0 fully saturated rings. The van der Waals surface area contributed by atoms with Crippen LogP contribution in [-0.2, 0) is 24.7 Å². The zero-order valence-corrected chi connectivity index (χ0v) is 9.74. The fourth-order valence-corrected chi connectivity index (χ4v) is 1.71. The largest absolute Gasteiger partial charge is 0.481 e. The first-order valence-corrected chi connectivity index (χ1v) is 5.15. The van der Waals surface area contributed by atoms with E-state index in [-0.39, 0.29) is 6.42 Å². The lowest BCUT2D eigenvalue weighted by Gasteiger charge is -2.06. The summed E-state index contributed by atoms with van der Waals surface area (Å²) in [6, 6.07) is 0. The summed E-state index contributed by atoms with van der Waals surface area (Å²) in [6.07, 6.45) is 0.951. The van der Waals surface area contributed by atoms with E-state index >= 15 is 0 Å². The number of aliphatic carboxylic acids is 1. The normalized spacial score (nSPS) is 11.0. The third kappa shape index (κ3) is 2.81. The molecule has 0 unspecified atom stereocenters. The Morgan fingerprint density at radius 3 is 2.60 bits per heavy atom. The summed E-state index contributed by atoms with van der Waals surface area (Å²) in [5, 5.41) is 13.0. The highest BCUT2D eigenvalue weighted by molar-refractivity contribution is 5.70. The molecule has 0 aliphatic carbocycles. The Hall–Kier alpha value is -1.32. The molecule has 1 N–H and O–H groups in total. The lowest BCUT2D eigenvalue weighted by molar-refractivity contribution is -0.136. The summed E-state index contributed by atoms with van der Waals surface area (Å²) in [4.78, 5) is 10.6. The first kappa shape index (κ1) is 11.8. The number of rotatable bonds is 4. The fraction of sp³-hybridized carbons (Fsp3) is 0.636. The molecule has 1 aromatic heterocycles. The van der Waals surface area contributed by atoms with Crippen molar-refractivity contribution < 1.29 is 9.90 Å². The Morgan fingerprint density at radius 1 is 1.53 bits per heavy atom. The van der Waals surface area contributed by atoms with Gasteiger partial charge in [-0.3, -0.25) is 9.48 Å². The van der Waals surface area contributed by atoms with Gasteiger partial charge in [-0.1, -0.05) is 13.8 Å². The van der Waals surface area contributed by atoms with Gasteiger partial charge in [0.25, 0.3) is 0 Å². The van der Waals surface area contributed by atoms with Gasteiger partial charge in [0.05, 0.1) is 12.1 Å². The molecule has 0 saturated carbocycles. The Bertz CT molecular complexity index is 367. The third-order valence-corrected chi connectivity index (χ3v) is 2.45. The van der Waals surface area contributed by atoms with Crippen LogP contribution in [0.4, 0.5) is 0 Å². The van der Waals surface area contributed by atoms with Crippen LogP contribution in [0.1, 0.15) is 30.8 Å². The monoisotopic (exact) mass is 210 g/mol. The zero-order valence-electron chi connectivity index (χ0n) is 9.74. The van der Waals surface area contributed by atoms with Crippen LogP contribution in [0.3, 0.4) is 0 Å². The molecule has 4 heteroatoms. The Labute approximate surface area is 89.9 Å². The van der Waals surface area contributed by atoms with Gasteiger partial charge in [-0.2, -0.15) is 5.10 Å². The lowest BCUT2D eigenvalue weighted by atomic mass is 10.0. The van der Waals surface area contributed by atoms with Crippen molar-refractivity contribution in [3.63, 3.8) is 0 Å². The van der Waals surface area contributed by atoms with E-state index in [0.29, 0.717) is 11.6 Å². The van der Waals surface area contributed by atoms with E-state index in [1.54, 1.807) is 4.68 Å². The molecular weight excluding hydrogens is 192 g/mol. The maximum absolute atomic E-state index is 10.6. The fourth-order valence-electron chi connectivity index (χ4n) is 1.71. The van der Waals surface area contributed by atoms with Crippen molar-refractivity contribution in [2.75, 3.05) is 0 Å². The molecule has 0 aliphatic heterocycles. The van der Waals surface area contributed by atoms with Gasteiger partial charge in [-0.05, 0) is 24.8 Å². The van der Waals surface area contributed by atoms with E-state index in [2.05, 4.69) is 18.9 Å². The third-order valence-electron chi connectivity index (χ3n) is 2.45. The summed E-state index contributed by atoms with van der Waals surface area (Å²) in [7, 11) is 1.87. The number of nitrogens with zero attached hydrogens (tertiary/aromatic N) is 2. The number of hydrogen-bond donors (Lipinski definition) is 1. The summed E-state index contributed by atoms with van der Waals surface area (Å²) in [6.45, 7) is 6.23. The van der Waals surface area contributed by atoms with Gasteiger partial charge in [0, 0.05) is 12.7 Å². The molecule has 0 bridgehead atoms. The molecular formula is C11H18N2O2. The Kier molecular flexibility index (Phi) is 3.50. The second-order valence-electron chi connectivity index (χ2n) is 4.31. The van der Waals surface area contributed by atoms with E-state index in [0.717, 1.165) is 17.7 Å². The molecule has 1 rings (SSSR count). The zero-order chi connectivity index (χ0) is 11.6. The van der Waals surface area contributed by atoms with Crippen molar-refractivity contribution in [3.8, 4) is 0 Å². The summed E-state index contributed by atoms with van der Waals surface area (Å²) in [5.74, 6) is -0.274. The smallest absolute Gasteiger partial charge is 0.309 e. The van der Waals surface area contributed by atoms with Gasteiger partial charge in [0.1, 0.15) is 0 Å². The minimum Gasteiger partial charge on any atom is -0.481 e. The van der Waals surface area contributed by atoms with Crippen LogP contribution < -0.4 is 0 Å². The van der Waals surface area contributed by atoms with E-state index in [9.17, 15) is 4.79 Å². The molecule has 1 heterocycles. The number of carbonyl (C=O) groups is 1. The quantitative estimate of drug-likeness (QED) is 0.820. The van der Waals surface area contributed by atoms with Crippen molar-refractivity contribution in [1.29, 1.82) is 0 Å². The van der Waals surface area contributed by atoms with Gasteiger partial charge in [0.2, 0.25) is 0 Å². The van der Waals surface area contributed by atoms with E-state index in [1.807, 2.05) is 14.0 Å². The molecule has 0 spiro atoms. The standard InChI is InChI=1S/C11H18N2O2/c1-7(2)5-10-8(3)9(6-11(14)15)12-13(10)4/h7H,5-6H2,1-4H3,(H,14,15). The van der Waals surface area contributed by atoms with Crippen LogP contribution in [0.15, 0.2) is 0 Å². The number of aromatic nitrogens is 2.